The second-order valence-corrected chi connectivity index (χ2v) is 16.2. The highest BCUT2D eigenvalue weighted by Gasteiger charge is 2.14. The number of thiazole rings is 1. The number of carbonyl (C=O) groups excluding carboxylic acids is 2. The van der Waals surface area contributed by atoms with Crippen molar-refractivity contribution in [2.24, 2.45) is 5.10 Å². The molecule has 0 saturated carbocycles. The highest BCUT2D eigenvalue weighted by Crippen LogP contribution is 2.30. The van der Waals surface area contributed by atoms with E-state index in [1.807, 2.05) is 91.0 Å². The molecule has 5 aromatic rings. The van der Waals surface area contributed by atoms with Gasteiger partial charge in [0.05, 0.1) is 49.5 Å². The number of hydrogen-bond acceptors (Lipinski definition) is 14. The van der Waals surface area contributed by atoms with Crippen LogP contribution < -0.4 is 24.0 Å². The lowest BCUT2D eigenvalue weighted by molar-refractivity contribution is -0.141. The van der Waals surface area contributed by atoms with Crippen molar-refractivity contribution in [3.63, 3.8) is 0 Å². The van der Waals surface area contributed by atoms with Crippen molar-refractivity contribution < 1.29 is 52.2 Å². The van der Waals surface area contributed by atoms with Crippen LogP contribution >= 0.6 is 11.3 Å². The molecule has 1 unspecified atom stereocenters. The Morgan fingerprint density at radius 1 is 0.716 bits per heavy atom. The van der Waals surface area contributed by atoms with Crippen molar-refractivity contribution in [1.82, 2.24) is 4.98 Å². The first-order valence-electron chi connectivity index (χ1n) is 22.4. The third-order valence-corrected chi connectivity index (χ3v) is 11.0. The lowest BCUT2D eigenvalue weighted by Crippen LogP contribution is -2.20. The van der Waals surface area contributed by atoms with E-state index < -0.39 is 24.1 Å². The predicted molar refractivity (Wildman–Crippen MR) is 260 cm³/mol. The molecule has 356 valence electrons. The number of hydrogen-bond donors (Lipinski definition) is 1. The van der Waals surface area contributed by atoms with Gasteiger partial charge in [0.25, 0.3) is 0 Å². The van der Waals surface area contributed by atoms with Crippen LogP contribution in [0.4, 0.5) is 9.52 Å². The minimum Gasteiger partial charge on any atom is -0.494 e. The maximum absolute atomic E-state index is 13.3. The van der Waals surface area contributed by atoms with Crippen LogP contribution in [0.1, 0.15) is 74.5 Å². The minimum atomic E-state index is -1.15. The molecule has 0 spiro atoms. The van der Waals surface area contributed by atoms with Crippen molar-refractivity contribution in [3.05, 3.63) is 145 Å². The zero-order valence-electron chi connectivity index (χ0n) is 37.9. The summed E-state index contributed by atoms with van der Waals surface area (Å²) < 4.78 is 54.0. The van der Waals surface area contributed by atoms with Gasteiger partial charge in [-0.3, -0.25) is 0 Å². The van der Waals surface area contributed by atoms with Gasteiger partial charge in [-0.25, -0.2) is 19.6 Å². The summed E-state index contributed by atoms with van der Waals surface area (Å²) in [6.45, 7) is 12.8. The molecule has 1 heterocycles. The molecule has 13 nitrogen and oxygen atoms in total. The van der Waals surface area contributed by atoms with Crippen molar-refractivity contribution in [2.75, 3.05) is 44.6 Å². The van der Waals surface area contributed by atoms with Crippen LogP contribution in [-0.4, -0.2) is 74.1 Å². The van der Waals surface area contributed by atoms with Crippen molar-refractivity contribution >= 4 is 44.8 Å². The highest BCUT2D eigenvalue weighted by atomic mass is 32.1. The Kier molecular flexibility index (Phi) is 22.4. The van der Waals surface area contributed by atoms with E-state index in [9.17, 15) is 19.1 Å². The Bertz CT molecular complexity index is 2300. The summed E-state index contributed by atoms with van der Waals surface area (Å²) in [6, 6.07) is 28.9. The number of nitrogens with zero attached hydrogens (tertiary/aromatic N) is 3. The van der Waals surface area contributed by atoms with Gasteiger partial charge in [0.2, 0.25) is 11.0 Å². The van der Waals surface area contributed by atoms with Gasteiger partial charge in [-0.2, -0.15) is 9.49 Å². The fourth-order valence-electron chi connectivity index (χ4n) is 6.30. The summed E-state index contributed by atoms with van der Waals surface area (Å²) in [7, 11) is 0. The number of unbranched alkanes of at least 4 members (excludes halogenated alkanes) is 6. The predicted octanol–water partition coefficient (Wildman–Crippen LogP) is 10.8. The molecule has 0 aliphatic carbocycles. The minimum absolute atomic E-state index is 0.0374. The van der Waals surface area contributed by atoms with Crippen molar-refractivity contribution in [1.29, 1.82) is 0 Å². The van der Waals surface area contributed by atoms with Crippen LogP contribution in [0, 0.1) is 0 Å². The number of ether oxygens (including phenoxy) is 7. The Balaban J connectivity index is 1.21. The second-order valence-electron chi connectivity index (χ2n) is 15.2. The maximum atomic E-state index is 13.3. The van der Waals surface area contributed by atoms with Crippen molar-refractivity contribution in [2.45, 2.75) is 77.3 Å². The molecule has 5 rings (SSSR count). The normalized spacial score (nSPS) is 11.5. The lowest BCUT2D eigenvalue weighted by atomic mass is 10.2. The number of aliphatic hydroxyl groups excluding tert-OH is 1. The zero-order valence-corrected chi connectivity index (χ0v) is 38.7. The molecule has 1 atom stereocenters. The molecule has 0 amide bonds. The highest BCUT2D eigenvalue weighted by molar-refractivity contribution is 7.22. The molecule has 0 saturated heterocycles. The summed E-state index contributed by atoms with van der Waals surface area (Å²) in [6.07, 6.45) is 11.0. The number of halogens is 1. The van der Waals surface area contributed by atoms with Crippen LogP contribution in [0.5, 0.6) is 23.0 Å². The molecule has 0 aliphatic rings. The average Bonchev–Trinajstić information content (AvgIpc) is 3.79. The van der Waals surface area contributed by atoms with E-state index in [0.717, 1.165) is 84.2 Å². The zero-order chi connectivity index (χ0) is 47.5. The summed E-state index contributed by atoms with van der Waals surface area (Å²) in [5.74, 6) is 0.0575. The summed E-state index contributed by atoms with van der Waals surface area (Å²) >= 11 is 1.47. The van der Waals surface area contributed by atoms with Gasteiger partial charge in [0, 0.05) is 24.6 Å². The molecule has 1 aromatic heterocycles. The molecular formula is C52H60FN3O10S. The summed E-state index contributed by atoms with van der Waals surface area (Å²) in [4.78, 5) is 27.6. The van der Waals surface area contributed by atoms with Gasteiger partial charge in [0.15, 0.2) is 6.29 Å². The molecule has 0 fully saturated rings. The number of fused-ring (bicyclic) bond motifs is 1. The molecule has 4 aromatic carbocycles. The number of esters is 2. The standard InChI is InChI=1S/C52H60FN3O10S/c1-4-49(57)62-32-14-8-6-12-30-60-43-23-19-40(20-24-43)37-65-45-27-28-47(66-38-41-21-25-44(26-22-41)61-31-13-7-9-15-33-63-50(58)5-2)42(35-45)36-54-56(29-16-34-64-51(59)39(3)53)52-55-46-17-10-11-18-48(46)67-52/h4-5,10-11,17-28,35-36,50,58H,1-3,6-9,12-16,29-34,37-38H2/b54-36+. The van der Waals surface area contributed by atoms with E-state index in [4.69, 9.17) is 43.2 Å². The fourth-order valence-corrected chi connectivity index (χ4v) is 7.25. The molecule has 0 radical (unpaired) electrons. The second kappa shape index (κ2) is 29.2. The number of aromatic nitrogens is 1. The van der Waals surface area contributed by atoms with E-state index >= 15 is 0 Å². The van der Waals surface area contributed by atoms with E-state index in [2.05, 4.69) is 19.7 Å². The monoisotopic (exact) mass is 937 g/mol. The fraction of sp³-hybridized carbons (Fsp3) is 0.346. The maximum Gasteiger partial charge on any atom is 0.366 e. The van der Waals surface area contributed by atoms with E-state index in [-0.39, 0.29) is 13.2 Å². The Morgan fingerprint density at radius 2 is 1.31 bits per heavy atom. The Labute approximate surface area is 396 Å². The van der Waals surface area contributed by atoms with E-state index in [1.54, 1.807) is 11.2 Å². The molecular weight excluding hydrogens is 878 g/mol. The number of rotatable bonds is 33. The van der Waals surface area contributed by atoms with Gasteiger partial charge >= 0.3 is 11.9 Å². The van der Waals surface area contributed by atoms with E-state index in [0.29, 0.717) is 68.2 Å². The topological polar surface area (TPSA) is 147 Å². The van der Waals surface area contributed by atoms with Crippen LogP contribution in [0.15, 0.2) is 134 Å². The van der Waals surface area contributed by atoms with Crippen molar-refractivity contribution in [3.8, 4) is 23.0 Å². The quantitative estimate of drug-likeness (QED) is 0.00812. The summed E-state index contributed by atoms with van der Waals surface area (Å²) in [5, 5.41) is 16.6. The van der Waals surface area contributed by atoms with Crippen LogP contribution in [-0.2, 0) is 37.0 Å². The lowest BCUT2D eigenvalue weighted by Gasteiger charge is -2.17. The van der Waals surface area contributed by atoms with Gasteiger partial charge < -0.3 is 38.3 Å². The van der Waals surface area contributed by atoms with Gasteiger partial charge in [-0.15, -0.1) is 0 Å². The summed E-state index contributed by atoms with van der Waals surface area (Å²) in [5.41, 5.74) is 3.36. The largest absolute Gasteiger partial charge is 0.494 e. The van der Waals surface area contributed by atoms with Gasteiger partial charge in [0.1, 0.15) is 36.2 Å². The van der Waals surface area contributed by atoms with Crippen LogP contribution in [0.3, 0.4) is 0 Å². The molecule has 1 N–H and O–H groups in total. The van der Waals surface area contributed by atoms with Crippen LogP contribution in [0.2, 0.25) is 0 Å². The molecule has 0 aliphatic heterocycles. The number of aliphatic hydroxyl groups is 1. The van der Waals surface area contributed by atoms with E-state index in [1.165, 1.54) is 23.5 Å². The third-order valence-electron chi connectivity index (χ3n) is 9.95. The first-order valence-corrected chi connectivity index (χ1v) is 23.3. The van der Waals surface area contributed by atoms with Gasteiger partial charge in [-0.05, 0) is 117 Å². The first kappa shape index (κ1) is 51.4. The molecule has 0 bridgehead atoms. The number of carbonyl (C=O) groups is 2. The SMILES string of the molecule is C=CC(=O)OCCCCCCOc1ccc(COc2ccc(OCc3ccc(OCCCCCCOC(O)C=C)cc3)c(/C=N/N(CCCOC(=O)C(=C)F)c3nc4ccccc4s3)c2)cc1. The number of para-hydroxylation sites is 1. The first-order chi connectivity index (χ1) is 32.7. The molecule has 67 heavy (non-hydrogen) atoms. The smallest absolute Gasteiger partial charge is 0.366 e. The number of anilines is 1. The Hall–Kier alpha value is -6.55. The number of hydrazone groups is 1. The number of benzene rings is 4. The molecule has 15 heteroatoms. The van der Waals surface area contributed by atoms with Crippen LogP contribution in [0.25, 0.3) is 10.2 Å². The third kappa shape index (κ3) is 19.1. The Morgan fingerprint density at radius 3 is 1.94 bits per heavy atom. The average molecular weight is 938 g/mol. The van der Waals surface area contributed by atoms with Gasteiger partial charge in [-0.1, -0.05) is 73.9 Å².